The first-order valence-corrected chi connectivity index (χ1v) is 12.8. The Morgan fingerprint density at radius 1 is 1.22 bits per heavy atom. The van der Waals surface area contributed by atoms with E-state index >= 15 is 0 Å². The van der Waals surface area contributed by atoms with Crippen LogP contribution >= 0.6 is 11.3 Å². The van der Waals surface area contributed by atoms with Crippen LogP contribution in [0.3, 0.4) is 0 Å². The van der Waals surface area contributed by atoms with Crippen LogP contribution in [0.25, 0.3) is 0 Å². The highest BCUT2D eigenvalue weighted by Crippen LogP contribution is 2.31. The van der Waals surface area contributed by atoms with Gasteiger partial charge in [0.2, 0.25) is 0 Å². The molecule has 0 radical (unpaired) electrons. The zero-order chi connectivity index (χ0) is 25.7. The van der Waals surface area contributed by atoms with Crippen molar-refractivity contribution in [1.82, 2.24) is 9.88 Å². The number of nitroso groups, excluding NO2 is 1. The maximum absolute atomic E-state index is 12.9. The molecule has 1 N–H and O–H groups in total. The highest BCUT2D eigenvalue weighted by atomic mass is 32.1. The molecule has 1 atom stereocenters. The Balaban J connectivity index is 1.53. The van der Waals surface area contributed by atoms with Gasteiger partial charge in [0, 0.05) is 36.7 Å². The fourth-order valence-corrected chi connectivity index (χ4v) is 5.30. The predicted octanol–water partition coefficient (Wildman–Crippen LogP) is 3.70. The second kappa shape index (κ2) is 11.4. The number of nitrogens with zero attached hydrogens (tertiary/aromatic N) is 4. The first-order chi connectivity index (χ1) is 17.4. The molecule has 2 fully saturated rings. The Kier molecular flexibility index (Phi) is 8.24. The van der Waals surface area contributed by atoms with Gasteiger partial charge >= 0.3 is 5.91 Å². The van der Waals surface area contributed by atoms with E-state index < -0.39 is 11.8 Å². The van der Waals surface area contributed by atoms with Gasteiger partial charge in [-0.1, -0.05) is 25.1 Å². The Hall–Kier alpha value is -2.99. The van der Waals surface area contributed by atoms with Crippen molar-refractivity contribution in [2.75, 3.05) is 56.3 Å². The van der Waals surface area contributed by atoms with Gasteiger partial charge < -0.3 is 19.7 Å². The van der Waals surface area contributed by atoms with Gasteiger partial charge in [-0.05, 0) is 31.0 Å². The van der Waals surface area contributed by atoms with Crippen molar-refractivity contribution in [2.45, 2.75) is 32.4 Å². The molecule has 2 amide bonds. The van der Waals surface area contributed by atoms with E-state index in [1.807, 2.05) is 6.07 Å². The molecule has 2 saturated heterocycles. The molecule has 192 valence electrons. The highest BCUT2D eigenvalue weighted by Gasteiger charge is 2.37. The van der Waals surface area contributed by atoms with Crippen molar-refractivity contribution >= 4 is 34.0 Å². The smallest absolute Gasteiger partial charge is 0.318 e. The maximum atomic E-state index is 12.9. The summed E-state index contributed by atoms with van der Waals surface area (Å²) in [6, 6.07) is 5.08. The van der Waals surface area contributed by atoms with Gasteiger partial charge in [0.1, 0.15) is 5.69 Å². The van der Waals surface area contributed by atoms with Crippen molar-refractivity contribution in [3.8, 4) is 0 Å². The molecule has 2 aromatic rings. The molecule has 1 aromatic heterocycles. The quantitative estimate of drug-likeness (QED) is 0.420. The van der Waals surface area contributed by atoms with Crippen molar-refractivity contribution in [3.05, 3.63) is 57.5 Å². The first-order valence-electron chi connectivity index (χ1n) is 12.0. The number of nitrogens with one attached hydrogen (secondary N) is 1. The monoisotopic (exact) mass is 513 g/mol. The lowest BCUT2D eigenvalue weighted by Gasteiger charge is -2.46. The summed E-state index contributed by atoms with van der Waals surface area (Å²) in [5.41, 5.74) is 2.05. The van der Waals surface area contributed by atoms with Crippen LogP contribution in [0.2, 0.25) is 0 Å². The lowest BCUT2D eigenvalue weighted by molar-refractivity contribution is -0.0472. The third-order valence-electron chi connectivity index (χ3n) is 6.80. The molecule has 11 heteroatoms. The molecule has 1 aromatic carbocycles. The SMILES string of the molecule is C=C(CC)C1(C)COCCN1Cc1ccc(NC(=O)c2csc(N3CCOCC3)n2)c(C(=O)N=O)c1. The van der Waals surface area contributed by atoms with Crippen LogP contribution in [-0.2, 0) is 16.0 Å². The number of thiazole rings is 1. The van der Waals surface area contributed by atoms with E-state index in [1.165, 1.54) is 11.3 Å². The number of hydrogen-bond donors (Lipinski definition) is 1. The van der Waals surface area contributed by atoms with E-state index in [0.29, 0.717) is 52.6 Å². The van der Waals surface area contributed by atoms with Crippen LogP contribution in [0, 0.1) is 4.91 Å². The van der Waals surface area contributed by atoms with E-state index in [4.69, 9.17) is 9.47 Å². The Morgan fingerprint density at radius 3 is 2.69 bits per heavy atom. The van der Waals surface area contributed by atoms with Gasteiger partial charge in [-0.15, -0.1) is 16.2 Å². The van der Waals surface area contributed by atoms with E-state index in [2.05, 4.69) is 45.7 Å². The minimum absolute atomic E-state index is 0.0452. The largest absolute Gasteiger partial charge is 0.378 e. The van der Waals surface area contributed by atoms with Crippen molar-refractivity contribution in [2.24, 2.45) is 5.18 Å². The van der Waals surface area contributed by atoms with E-state index in [1.54, 1.807) is 17.5 Å². The van der Waals surface area contributed by atoms with Crippen LogP contribution in [0.5, 0.6) is 0 Å². The highest BCUT2D eigenvalue weighted by molar-refractivity contribution is 7.14. The third kappa shape index (κ3) is 5.54. The number of aromatic nitrogens is 1. The third-order valence-corrected chi connectivity index (χ3v) is 7.70. The molecule has 2 aliphatic rings. The average molecular weight is 514 g/mol. The zero-order valence-corrected chi connectivity index (χ0v) is 21.4. The summed E-state index contributed by atoms with van der Waals surface area (Å²) in [5.74, 6) is -1.40. The maximum Gasteiger partial charge on any atom is 0.318 e. The Morgan fingerprint density at radius 2 is 1.97 bits per heavy atom. The van der Waals surface area contributed by atoms with Crippen LogP contribution < -0.4 is 10.2 Å². The number of rotatable bonds is 8. The van der Waals surface area contributed by atoms with Gasteiger partial charge in [0.05, 0.1) is 43.2 Å². The molecule has 0 bridgehead atoms. The van der Waals surface area contributed by atoms with E-state index in [-0.39, 0.29) is 22.5 Å². The number of benzene rings is 1. The Bertz CT molecular complexity index is 1150. The summed E-state index contributed by atoms with van der Waals surface area (Å²) in [5, 5.41) is 7.75. The topological polar surface area (TPSA) is 113 Å². The fraction of sp³-hybridized carbons (Fsp3) is 0.480. The molecule has 0 aliphatic carbocycles. The molecule has 3 heterocycles. The van der Waals surface area contributed by atoms with Crippen LogP contribution in [-0.4, -0.2) is 73.3 Å². The number of carbonyl (C=O) groups is 2. The second-order valence-electron chi connectivity index (χ2n) is 9.05. The average Bonchev–Trinajstić information content (AvgIpc) is 3.41. The summed E-state index contributed by atoms with van der Waals surface area (Å²) >= 11 is 1.38. The molecule has 1 unspecified atom stereocenters. The van der Waals surface area contributed by atoms with E-state index in [9.17, 15) is 14.5 Å². The molecule has 4 rings (SSSR count). The number of hydrogen-bond acceptors (Lipinski definition) is 9. The minimum atomic E-state index is -0.942. The Labute approximate surface area is 214 Å². The molecular formula is C25H31N5O5S. The lowest BCUT2D eigenvalue weighted by Crippen LogP contribution is -2.55. The van der Waals surface area contributed by atoms with Gasteiger partial charge in [0.15, 0.2) is 5.13 Å². The van der Waals surface area contributed by atoms with Crippen LogP contribution in [0.15, 0.2) is 40.9 Å². The van der Waals surface area contributed by atoms with Gasteiger partial charge in [-0.25, -0.2) is 4.98 Å². The zero-order valence-electron chi connectivity index (χ0n) is 20.6. The van der Waals surface area contributed by atoms with Gasteiger partial charge in [-0.2, -0.15) is 0 Å². The number of anilines is 2. The summed E-state index contributed by atoms with van der Waals surface area (Å²) < 4.78 is 11.1. The molecule has 10 nitrogen and oxygen atoms in total. The van der Waals surface area contributed by atoms with Crippen molar-refractivity contribution in [3.63, 3.8) is 0 Å². The van der Waals surface area contributed by atoms with Crippen molar-refractivity contribution < 1.29 is 19.1 Å². The number of carbonyl (C=O) groups excluding carboxylic acids is 2. The number of morpholine rings is 2. The number of ether oxygens (including phenoxy) is 2. The molecule has 0 spiro atoms. The standard InChI is InChI=1S/C25H31N5O5S/c1-4-17(2)25(3)16-35-12-9-30(25)14-18-5-6-20(19(13-18)22(31)28-33)26-23(32)21-15-36-24(27-21)29-7-10-34-11-8-29/h5-6,13,15H,2,4,7-12,14,16H2,1,3H3,(H,26,32). The minimum Gasteiger partial charge on any atom is -0.378 e. The van der Waals surface area contributed by atoms with Crippen LogP contribution in [0.1, 0.15) is 46.7 Å². The first kappa shape index (κ1) is 26.1. The summed E-state index contributed by atoms with van der Waals surface area (Å²) in [7, 11) is 0. The molecule has 0 saturated carbocycles. The summed E-state index contributed by atoms with van der Waals surface area (Å²) in [4.78, 5) is 45.2. The normalized spacial score (nSPS) is 20.7. The summed E-state index contributed by atoms with van der Waals surface area (Å²) in [6.07, 6.45) is 0.823. The molecular weight excluding hydrogens is 482 g/mol. The predicted molar refractivity (Wildman–Crippen MR) is 139 cm³/mol. The van der Waals surface area contributed by atoms with E-state index in [0.717, 1.165) is 22.7 Å². The van der Waals surface area contributed by atoms with Crippen LogP contribution in [0.4, 0.5) is 10.8 Å². The molecule has 36 heavy (non-hydrogen) atoms. The van der Waals surface area contributed by atoms with Crippen molar-refractivity contribution in [1.29, 1.82) is 0 Å². The summed E-state index contributed by atoms with van der Waals surface area (Å²) in [6.45, 7) is 13.4. The van der Waals surface area contributed by atoms with Gasteiger partial charge in [0.25, 0.3) is 5.91 Å². The molecule has 2 aliphatic heterocycles. The van der Waals surface area contributed by atoms with Gasteiger partial charge in [-0.3, -0.25) is 14.5 Å². The lowest BCUT2D eigenvalue weighted by atomic mass is 9.88. The fourth-order valence-electron chi connectivity index (χ4n) is 4.44. The number of amides is 2. The second-order valence-corrected chi connectivity index (χ2v) is 9.89.